The van der Waals surface area contributed by atoms with Crippen molar-refractivity contribution >= 4 is 5.69 Å². The standard InChI is InChI=1S/C14H22N2O/c1-2-3-4-5-6-10-13-16(15-17)14-11-8-7-9-12-14/h7-9,11-12H,2-6,10,13H2,1H3. The van der Waals surface area contributed by atoms with Gasteiger partial charge in [0.1, 0.15) is 0 Å². The minimum absolute atomic E-state index is 0.722. The van der Waals surface area contributed by atoms with Gasteiger partial charge in [0.2, 0.25) is 0 Å². The fraction of sp³-hybridized carbons (Fsp3) is 0.571. The fourth-order valence-electron chi connectivity index (χ4n) is 1.86. The van der Waals surface area contributed by atoms with Gasteiger partial charge in [-0.3, -0.25) is 0 Å². The van der Waals surface area contributed by atoms with Crippen LogP contribution in [-0.4, -0.2) is 6.54 Å². The Hall–Kier alpha value is -1.38. The molecule has 0 heterocycles. The molecule has 0 atom stereocenters. The summed E-state index contributed by atoms with van der Waals surface area (Å²) in [5.41, 5.74) is 0.885. The Morgan fingerprint density at radius 1 is 1.00 bits per heavy atom. The van der Waals surface area contributed by atoms with E-state index in [-0.39, 0.29) is 0 Å². The van der Waals surface area contributed by atoms with Gasteiger partial charge in [0.05, 0.1) is 11.0 Å². The number of nitroso groups, excluding NO2 is 1. The maximum Gasteiger partial charge on any atom is 0.0626 e. The Balaban J connectivity index is 2.22. The van der Waals surface area contributed by atoms with Gasteiger partial charge in [-0.25, -0.2) is 5.01 Å². The summed E-state index contributed by atoms with van der Waals surface area (Å²) in [7, 11) is 0. The van der Waals surface area contributed by atoms with Gasteiger partial charge >= 0.3 is 0 Å². The summed E-state index contributed by atoms with van der Waals surface area (Å²) < 4.78 is 0. The van der Waals surface area contributed by atoms with Crippen molar-refractivity contribution in [1.82, 2.24) is 0 Å². The highest BCUT2D eigenvalue weighted by Gasteiger charge is 2.04. The Bertz CT molecular complexity index is 300. The molecule has 0 aliphatic heterocycles. The summed E-state index contributed by atoms with van der Waals surface area (Å²) in [4.78, 5) is 10.7. The molecule has 0 N–H and O–H groups in total. The summed E-state index contributed by atoms with van der Waals surface area (Å²) >= 11 is 0. The first-order chi connectivity index (χ1) is 8.38. The van der Waals surface area contributed by atoms with E-state index in [0.29, 0.717) is 0 Å². The van der Waals surface area contributed by atoms with E-state index in [1.54, 1.807) is 5.01 Å². The van der Waals surface area contributed by atoms with Crippen LogP contribution < -0.4 is 5.01 Å². The second kappa shape index (κ2) is 8.74. The molecule has 1 aromatic rings. The molecule has 17 heavy (non-hydrogen) atoms. The first kappa shape index (κ1) is 13.7. The minimum Gasteiger partial charge on any atom is -0.229 e. The van der Waals surface area contributed by atoms with Crippen molar-refractivity contribution in [3.63, 3.8) is 0 Å². The van der Waals surface area contributed by atoms with Crippen molar-refractivity contribution in [2.24, 2.45) is 5.29 Å². The summed E-state index contributed by atoms with van der Waals surface area (Å²) in [6.45, 7) is 2.94. The molecular weight excluding hydrogens is 212 g/mol. The van der Waals surface area contributed by atoms with E-state index in [1.165, 1.54) is 32.1 Å². The summed E-state index contributed by atoms with van der Waals surface area (Å²) in [6, 6.07) is 9.62. The number of benzene rings is 1. The minimum atomic E-state index is 0.722. The van der Waals surface area contributed by atoms with E-state index < -0.39 is 0 Å². The third-order valence-electron chi connectivity index (χ3n) is 2.88. The first-order valence-corrected chi connectivity index (χ1v) is 6.54. The number of rotatable bonds is 9. The lowest BCUT2D eigenvalue weighted by Gasteiger charge is -2.14. The van der Waals surface area contributed by atoms with Gasteiger partial charge in [-0.05, 0) is 18.6 Å². The summed E-state index contributed by atoms with van der Waals surface area (Å²) in [5, 5.41) is 4.62. The van der Waals surface area contributed by atoms with Gasteiger partial charge in [-0.15, -0.1) is 4.91 Å². The topological polar surface area (TPSA) is 32.7 Å². The van der Waals surface area contributed by atoms with Gasteiger partial charge in [0, 0.05) is 6.54 Å². The van der Waals surface area contributed by atoms with Crippen molar-refractivity contribution in [2.45, 2.75) is 45.4 Å². The molecule has 0 aromatic heterocycles. The van der Waals surface area contributed by atoms with Gasteiger partial charge in [0.25, 0.3) is 0 Å². The Morgan fingerprint density at radius 3 is 2.29 bits per heavy atom. The normalized spacial score (nSPS) is 10.2. The van der Waals surface area contributed by atoms with E-state index in [9.17, 15) is 4.91 Å². The molecule has 0 saturated heterocycles. The molecule has 0 amide bonds. The van der Waals surface area contributed by atoms with Crippen molar-refractivity contribution in [2.75, 3.05) is 11.6 Å². The number of para-hydroxylation sites is 1. The summed E-state index contributed by atoms with van der Waals surface area (Å²) in [6.07, 6.45) is 7.36. The molecule has 0 aliphatic carbocycles. The van der Waals surface area contributed by atoms with Crippen LogP contribution in [0, 0.1) is 4.91 Å². The third-order valence-corrected chi connectivity index (χ3v) is 2.88. The van der Waals surface area contributed by atoms with Gasteiger partial charge in [-0.2, -0.15) is 0 Å². The fourth-order valence-corrected chi connectivity index (χ4v) is 1.86. The molecule has 3 nitrogen and oxygen atoms in total. The zero-order valence-electron chi connectivity index (χ0n) is 10.6. The highest BCUT2D eigenvalue weighted by Crippen LogP contribution is 2.15. The quantitative estimate of drug-likeness (QED) is 0.357. The Labute approximate surface area is 104 Å². The highest BCUT2D eigenvalue weighted by molar-refractivity contribution is 5.44. The van der Waals surface area contributed by atoms with Crippen molar-refractivity contribution in [3.8, 4) is 0 Å². The maximum absolute atomic E-state index is 10.7. The van der Waals surface area contributed by atoms with Crippen LogP contribution in [0.2, 0.25) is 0 Å². The monoisotopic (exact) mass is 234 g/mol. The van der Waals surface area contributed by atoms with Crippen LogP contribution in [0.25, 0.3) is 0 Å². The van der Waals surface area contributed by atoms with Crippen molar-refractivity contribution < 1.29 is 0 Å². The lowest BCUT2D eigenvalue weighted by atomic mass is 10.1. The number of nitrogens with zero attached hydrogens (tertiary/aromatic N) is 2. The van der Waals surface area contributed by atoms with Gasteiger partial charge in [0.15, 0.2) is 0 Å². The van der Waals surface area contributed by atoms with E-state index in [0.717, 1.165) is 18.7 Å². The van der Waals surface area contributed by atoms with Gasteiger partial charge < -0.3 is 0 Å². The Morgan fingerprint density at radius 2 is 1.65 bits per heavy atom. The second-order valence-electron chi connectivity index (χ2n) is 4.31. The molecule has 1 aromatic carbocycles. The summed E-state index contributed by atoms with van der Waals surface area (Å²) in [5.74, 6) is 0. The molecule has 0 fully saturated rings. The molecular formula is C14H22N2O. The lowest BCUT2D eigenvalue weighted by Crippen LogP contribution is -2.16. The van der Waals surface area contributed by atoms with Crippen LogP contribution in [-0.2, 0) is 0 Å². The zero-order valence-corrected chi connectivity index (χ0v) is 10.6. The zero-order chi connectivity index (χ0) is 12.3. The number of hydrogen-bond donors (Lipinski definition) is 0. The van der Waals surface area contributed by atoms with Gasteiger partial charge in [-0.1, -0.05) is 57.2 Å². The SMILES string of the molecule is CCCCCCCCN(N=O)c1ccccc1. The predicted molar refractivity (Wildman–Crippen MR) is 73.0 cm³/mol. The second-order valence-corrected chi connectivity index (χ2v) is 4.31. The maximum atomic E-state index is 10.7. The average Bonchev–Trinajstić information content (AvgIpc) is 2.39. The molecule has 0 radical (unpaired) electrons. The van der Waals surface area contributed by atoms with Crippen LogP contribution in [0.4, 0.5) is 5.69 Å². The highest BCUT2D eigenvalue weighted by atomic mass is 16.3. The van der Waals surface area contributed by atoms with Crippen molar-refractivity contribution in [1.29, 1.82) is 0 Å². The Kier molecular flexibility index (Phi) is 7.03. The van der Waals surface area contributed by atoms with Crippen LogP contribution in [0.5, 0.6) is 0 Å². The van der Waals surface area contributed by atoms with Crippen LogP contribution in [0.3, 0.4) is 0 Å². The molecule has 0 spiro atoms. The smallest absolute Gasteiger partial charge is 0.0626 e. The van der Waals surface area contributed by atoms with Crippen LogP contribution >= 0.6 is 0 Å². The number of hydrogen-bond acceptors (Lipinski definition) is 2. The van der Waals surface area contributed by atoms with Crippen molar-refractivity contribution in [3.05, 3.63) is 35.2 Å². The largest absolute Gasteiger partial charge is 0.229 e. The lowest BCUT2D eigenvalue weighted by molar-refractivity contribution is 0.601. The molecule has 94 valence electrons. The average molecular weight is 234 g/mol. The predicted octanol–water partition coefficient (Wildman–Crippen LogP) is 4.53. The molecule has 0 bridgehead atoms. The molecule has 0 unspecified atom stereocenters. The molecule has 3 heteroatoms. The number of anilines is 1. The van der Waals surface area contributed by atoms with Crippen LogP contribution in [0.15, 0.2) is 35.6 Å². The van der Waals surface area contributed by atoms with Crippen LogP contribution in [0.1, 0.15) is 45.4 Å². The van der Waals surface area contributed by atoms with E-state index in [4.69, 9.17) is 0 Å². The van der Waals surface area contributed by atoms with E-state index >= 15 is 0 Å². The molecule has 1 rings (SSSR count). The molecule has 0 aliphatic rings. The van der Waals surface area contributed by atoms with E-state index in [2.05, 4.69) is 12.2 Å². The first-order valence-electron chi connectivity index (χ1n) is 6.54. The third kappa shape index (κ3) is 5.48. The van der Waals surface area contributed by atoms with E-state index in [1.807, 2.05) is 30.3 Å². The molecule has 0 saturated carbocycles. The number of unbranched alkanes of at least 4 members (excludes halogenated alkanes) is 5.